The number of fused-ring (bicyclic) bond motifs is 1. The first-order valence-corrected chi connectivity index (χ1v) is 10.5. The summed E-state index contributed by atoms with van der Waals surface area (Å²) in [4.78, 5) is 51.0. The molecule has 11 heteroatoms. The molecule has 0 radical (unpaired) electrons. The third kappa shape index (κ3) is 5.77. The summed E-state index contributed by atoms with van der Waals surface area (Å²) in [6, 6.07) is 10.5. The van der Waals surface area contributed by atoms with Crippen molar-refractivity contribution in [3.05, 3.63) is 74.6 Å². The van der Waals surface area contributed by atoms with Crippen LogP contribution in [0.3, 0.4) is 0 Å². The van der Waals surface area contributed by atoms with Crippen molar-refractivity contribution in [2.75, 3.05) is 13.7 Å². The molecule has 0 saturated heterocycles. The van der Waals surface area contributed by atoms with Crippen LogP contribution in [-0.4, -0.2) is 41.1 Å². The molecule has 0 spiro atoms. The Morgan fingerprint density at radius 1 is 1.18 bits per heavy atom. The zero-order chi connectivity index (χ0) is 24.0. The van der Waals surface area contributed by atoms with Crippen LogP contribution in [0.5, 0.6) is 0 Å². The molecule has 0 unspecified atom stereocenters. The van der Waals surface area contributed by atoms with Crippen molar-refractivity contribution in [1.29, 1.82) is 0 Å². The number of thiazole rings is 1. The lowest BCUT2D eigenvalue weighted by Crippen LogP contribution is -2.22. The standard InChI is InChI=1S/C22H19N3O7S/c1-3-32-20(27)13-24-17-10-7-15(21(28)31-2)12-18(17)33-22(24)23-19(26)11-6-14-4-8-16(9-5-14)25(29)30/h4-12H,3,13H2,1-2H3/b11-6-,23-22?. The van der Waals surface area contributed by atoms with E-state index in [2.05, 4.69) is 4.99 Å². The number of rotatable bonds is 7. The molecule has 170 valence electrons. The highest BCUT2D eigenvalue weighted by Crippen LogP contribution is 2.20. The first-order valence-electron chi connectivity index (χ1n) is 9.71. The van der Waals surface area contributed by atoms with Crippen molar-refractivity contribution in [1.82, 2.24) is 4.57 Å². The Morgan fingerprint density at radius 2 is 1.91 bits per heavy atom. The fourth-order valence-corrected chi connectivity index (χ4v) is 3.97. The first-order chi connectivity index (χ1) is 15.8. The van der Waals surface area contributed by atoms with Gasteiger partial charge >= 0.3 is 11.9 Å². The van der Waals surface area contributed by atoms with Crippen molar-refractivity contribution in [2.24, 2.45) is 4.99 Å². The molecule has 1 amide bonds. The average Bonchev–Trinajstić information content (AvgIpc) is 3.13. The summed E-state index contributed by atoms with van der Waals surface area (Å²) in [6.07, 6.45) is 2.70. The molecule has 0 fully saturated rings. The van der Waals surface area contributed by atoms with E-state index in [1.165, 1.54) is 48.1 Å². The smallest absolute Gasteiger partial charge is 0.337 e. The molecule has 33 heavy (non-hydrogen) atoms. The van der Waals surface area contributed by atoms with Crippen LogP contribution in [0.1, 0.15) is 22.8 Å². The Balaban J connectivity index is 1.97. The van der Waals surface area contributed by atoms with E-state index in [0.29, 0.717) is 21.3 Å². The van der Waals surface area contributed by atoms with Gasteiger partial charge in [0.15, 0.2) is 4.80 Å². The lowest BCUT2D eigenvalue weighted by atomic mass is 10.2. The largest absolute Gasteiger partial charge is 0.465 e. The summed E-state index contributed by atoms with van der Waals surface area (Å²) in [6.45, 7) is 1.73. The van der Waals surface area contributed by atoms with Gasteiger partial charge in [-0.05, 0) is 48.9 Å². The molecule has 0 aliphatic rings. The van der Waals surface area contributed by atoms with Crippen molar-refractivity contribution in [3.8, 4) is 0 Å². The van der Waals surface area contributed by atoms with Crippen LogP contribution < -0.4 is 4.80 Å². The van der Waals surface area contributed by atoms with Gasteiger partial charge in [0, 0.05) is 18.2 Å². The summed E-state index contributed by atoms with van der Waals surface area (Å²) in [5, 5.41) is 10.7. The minimum atomic E-state index is -0.592. The van der Waals surface area contributed by atoms with Gasteiger partial charge in [0.1, 0.15) is 6.54 Å². The van der Waals surface area contributed by atoms with Crippen molar-refractivity contribution >= 4 is 51.2 Å². The highest BCUT2D eigenvalue weighted by molar-refractivity contribution is 7.16. The van der Waals surface area contributed by atoms with E-state index < -0.39 is 22.8 Å². The number of aromatic nitrogens is 1. The minimum absolute atomic E-state index is 0.0558. The number of nitro benzene ring substituents is 1. The topological polar surface area (TPSA) is 130 Å². The molecule has 0 aliphatic carbocycles. The first kappa shape index (κ1) is 23.5. The lowest BCUT2D eigenvalue weighted by Gasteiger charge is -2.05. The quantitative estimate of drug-likeness (QED) is 0.225. The molecule has 10 nitrogen and oxygen atoms in total. The van der Waals surface area contributed by atoms with Crippen LogP contribution in [0, 0.1) is 10.1 Å². The number of ether oxygens (including phenoxy) is 2. The maximum absolute atomic E-state index is 12.5. The van der Waals surface area contributed by atoms with Crippen LogP contribution >= 0.6 is 11.3 Å². The molecule has 0 N–H and O–H groups in total. The van der Waals surface area contributed by atoms with Crippen LogP contribution in [0.2, 0.25) is 0 Å². The van der Waals surface area contributed by atoms with Gasteiger partial charge in [-0.2, -0.15) is 4.99 Å². The van der Waals surface area contributed by atoms with Crippen LogP contribution in [0.15, 0.2) is 53.5 Å². The molecule has 1 aromatic heterocycles. The van der Waals surface area contributed by atoms with Gasteiger partial charge < -0.3 is 14.0 Å². The average molecular weight is 469 g/mol. The molecule has 0 saturated carbocycles. The number of esters is 2. The zero-order valence-electron chi connectivity index (χ0n) is 17.7. The van der Waals surface area contributed by atoms with E-state index in [9.17, 15) is 24.5 Å². The number of hydrogen-bond donors (Lipinski definition) is 0. The summed E-state index contributed by atoms with van der Waals surface area (Å²) in [7, 11) is 1.28. The second-order valence-corrected chi connectivity index (χ2v) is 7.59. The van der Waals surface area contributed by atoms with E-state index in [4.69, 9.17) is 9.47 Å². The normalized spacial score (nSPS) is 11.6. The molecule has 0 atom stereocenters. The summed E-state index contributed by atoms with van der Waals surface area (Å²) < 4.78 is 11.9. The number of non-ortho nitro benzene ring substituents is 1. The zero-order valence-corrected chi connectivity index (χ0v) is 18.5. The third-order valence-corrected chi connectivity index (χ3v) is 5.47. The number of nitro groups is 1. The number of hydrogen-bond acceptors (Lipinski definition) is 8. The van der Waals surface area contributed by atoms with Gasteiger partial charge in [0.2, 0.25) is 0 Å². The van der Waals surface area contributed by atoms with E-state index >= 15 is 0 Å². The Labute approximate surface area is 191 Å². The predicted molar refractivity (Wildman–Crippen MR) is 120 cm³/mol. The number of benzene rings is 2. The number of carbonyl (C=O) groups excluding carboxylic acids is 3. The van der Waals surface area contributed by atoms with Crippen LogP contribution in [0.25, 0.3) is 16.3 Å². The maximum atomic E-state index is 12.5. The molecule has 0 bridgehead atoms. The Kier molecular flexibility index (Phi) is 7.46. The molecule has 1 heterocycles. The third-order valence-electron chi connectivity index (χ3n) is 4.42. The fraction of sp³-hybridized carbons (Fsp3) is 0.182. The van der Waals surface area contributed by atoms with Gasteiger partial charge in [-0.25, -0.2) is 4.79 Å². The Morgan fingerprint density at radius 3 is 2.55 bits per heavy atom. The number of nitrogens with zero attached hydrogens (tertiary/aromatic N) is 3. The highest BCUT2D eigenvalue weighted by atomic mass is 32.1. The monoisotopic (exact) mass is 469 g/mol. The highest BCUT2D eigenvalue weighted by Gasteiger charge is 2.14. The summed E-state index contributed by atoms with van der Waals surface area (Å²) in [5.41, 5.74) is 1.46. The van der Waals surface area contributed by atoms with Gasteiger partial charge in [0.25, 0.3) is 11.6 Å². The van der Waals surface area contributed by atoms with E-state index in [1.807, 2.05) is 0 Å². The summed E-state index contributed by atoms with van der Waals surface area (Å²) >= 11 is 1.13. The number of carbonyl (C=O) groups is 3. The van der Waals surface area contributed by atoms with Crippen LogP contribution in [-0.2, 0) is 25.6 Å². The number of methoxy groups -OCH3 is 1. The number of amides is 1. The molecule has 3 rings (SSSR count). The molecule has 2 aromatic carbocycles. The molecule has 0 aliphatic heterocycles. The van der Waals surface area contributed by atoms with Gasteiger partial charge in [-0.3, -0.25) is 19.7 Å². The molecular formula is C22H19N3O7S. The SMILES string of the molecule is CCOC(=O)Cn1c(=NC(=O)/C=C\c2ccc([N+](=O)[O-])cc2)sc2cc(C(=O)OC)ccc21. The van der Waals surface area contributed by atoms with Crippen molar-refractivity contribution in [3.63, 3.8) is 0 Å². The Bertz CT molecular complexity index is 1320. The second-order valence-electron chi connectivity index (χ2n) is 6.58. The van der Waals surface area contributed by atoms with Gasteiger partial charge in [-0.1, -0.05) is 11.3 Å². The maximum Gasteiger partial charge on any atom is 0.337 e. The summed E-state index contributed by atoms with van der Waals surface area (Å²) in [5.74, 6) is -1.60. The van der Waals surface area contributed by atoms with Crippen molar-refractivity contribution < 1.29 is 28.8 Å². The molecular weight excluding hydrogens is 450 g/mol. The van der Waals surface area contributed by atoms with Crippen molar-refractivity contribution in [2.45, 2.75) is 13.5 Å². The van der Waals surface area contributed by atoms with E-state index in [-0.39, 0.29) is 23.6 Å². The lowest BCUT2D eigenvalue weighted by molar-refractivity contribution is -0.384. The van der Waals surface area contributed by atoms with E-state index in [0.717, 1.165) is 11.3 Å². The predicted octanol–water partition coefficient (Wildman–Crippen LogP) is 3.10. The fourth-order valence-electron chi connectivity index (χ4n) is 2.90. The second kappa shape index (κ2) is 10.5. The van der Waals surface area contributed by atoms with Crippen LogP contribution in [0.4, 0.5) is 5.69 Å². The minimum Gasteiger partial charge on any atom is -0.465 e. The van der Waals surface area contributed by atoms with Gasteiger partial charge in [0.05, 0.1) is 34.4 Å². The Hall–Kier alpha value is -4.12. The molecule has 3 aromatic rings. The van der Waals surface area contributed by atoms with Gasteiger partial charge in [-0.15, -0.1) is 0 Å². The van der Waals surface area contributed by atoms with E-state index in [1.54, 1.807) is 25.1 Å².